The third-order valence-electron chi connectivity index (χ3n) is 3.73. The molecule has 0 aliphatic rings. The van der Waals surface area contributed by atoms with Crippen LogP contribution in [0.2, 0.25) is 0 Å². The number of amides is 2. The SMILES string of the molecule is CC(C)NCC(=O)N[C@@H](CCCCNC(=O)CCC(=O)O)C(=O)C(C)C. The Labute approximate surface area is 155 Å². The van der Waals surface area contributed by atoms with Crippen LogP contribution in [-0.4, -0.2) is 53.8 Å². The van der Waals surface area contributed by atoms with Crippen LogP contribution in [0.25, 0.3) is 0 Å². The minimum Gasteiger partial charge on any atom is -0.481 e. The highest BCUT2D eigenvalue weighted by Crippen LogP contribution is 2.08. The number of unbranched alkanes of at least 4 members (excludes halogenated alkanes) is 1. The number of nitrogens with one attached hydrogen (secondary N) is 3. The summed E-state index contributed by atoms with van der Waals surface area (Å²) in [6, 6.07) is -0.344. The molecule has 0 spiro atoms. The molecule has 8 heteroatoms. The van der Waals surface area contributed by atoms with Crippen molar-refractivity contribution in [3.63, 3.8) is 0 Å². The Bertz CT molecular complexity index is 477. The van der Waals surface area contributed by atoms with E-state index in [1.807, 2.05) is 13.8 Å². The molecule has 0 aliphatic heterocycles. The topological polar surface area (TPSA) is 125 Å². The molecule has 0 aromatic heterocycles. The first-order chi connectivity index (χ1) is 12.1. The predicted molar refractivity (Wildman–Crippen MR) is 98.6 cm³/mol. The summed E-state index contributed by atoms with van der Waals surface area (Å²) in [6.45, 7) is 8.07. The lowest BCUT2D eigenvalue weighted by Gasteiger charge is -2.20. The van der Waals surface area contributed by atoms with Gasteiger partial charge in [0, 0.05) is 24.9 Å². The smallest absolute Gasteiger partial charge is 0.303 e. The summed E-state index contributed by atoms with van der Waals surface area (Å²) in [5.41, 5.74) is 0. The fraction of sp³-hybridized carbons (Fsp3) is 0.778. The number of carbonyl (C=O) groups is 4. The largest absolute Gasteiger partial charge is 0.481 e. The van der Waals surface area contributed by atoms with Gasteiger partial charge in [-0.3, -0.25) is 19.2 Å². The van der Waals surface area contributed by atoms with E-state index in [1.165, 1.54) is 0 Å². The van der Waals surface area contributed by atoms with Crippen LogP contribution < -0.4 is 16.0 Å². The number of hydrogen-bond acceptors (Lipinski definition) is 5. The second-order valence-electron chi connectivity index (χ2n) is 6.95. The fourth-order valence-corrected chi connectivity index (χ4v) is 2.24. The Kier molecular flexibility index (Phi) is 12.3. The van der Waals surface area contributed by atoms with E-state index in [4.69, 9.17) is 5.11 Å². The van der Waals surface area contributed by atoms with E-state index >= 15 is 0 Å². The van der Waals surface area contributed by atoms with Crippen molar-refractivity contribution in [3.8, 4) is 0 Å². The third kappa shape index (κ3) is 12.4. The van der Waals surface area contributed by atoms with Crippen LogP contribution in [0, 0.1) is 5.92 Å². The highest BCUT2D eigenvalue weighted by Gasteiger charge is 2.22. The van der Waals surface area contributed by atoms with Crippen LogP contribution in [0.15, 0.2) is 0 Å². The molecule has 0 aromatic rings. The molecule has 0 aliphatic carbocycles. The Morgan fingerprint density at radius 3 is 2.12 bits per heavy atom. The quantitative estimate of drug-likeness (QED) is 0.336. The van der Waals surface area contributed by atoms with Crippen molar-refractivity contribution in [1.82, 2.24) is 16.0 Å². The summed E-state index contributed by atoms with van der Waals surface area (Å²) in [4.78, 5) is 46.1. The first kappa shape index (κ1) is 24.0. The van der Waals surface area contributed by atoms with Crippen molar-refractivity contribution < 1.29 is 24.3 Å². The van der Waals surface area contributed by atoms with Gasteiger partial charge in [-0.2, -0.15) is 0 Å². The number of aliphatic carboxylic acids is 1. The van der Waals surface area contributed by atoms with Crippen molar-refractivity contribution in [1.29, 1.82) is 0 Å². The molecule has 1 atom stereocenters. The van der Waals surface area contributed by atoms with Gasteiger partial charge in [0.15, 0.2) is 5.78 Å². The molecule has 0 aromatic carbocycles. The lowest BCUT2D eigenvalue weighted by molar-refractivity contribution is -0.138. The summed E-state index contributed by atoms with van der Waals surface area (Å²) in [5, 5.41) is 17.0. The highest BCUT2D eigenvalue weighted by molar-refractivity contribution is 5.90. The van der Waals surface area contributed by atoms with Gasteiger partial charge in [0.2, 0.25) is 11.8 Å². The second kappa shape index (κ2) is 13.3. The van der Waals surface area contributed by atoms with Crippen LogP contribution in [0.1, 0.15) is 59.8 Å². The first-order valence-electron chi connectivity index (χ1n) is 9.18. The van der Waals surface area contributed by atoms with Crippen molar-refractivity contribution >= 4 is 23.6 Å². The van der Waals surface area contributed by atoms with E-state index in [0.29, 0.717) is 25.8 Å². The lowest BCUT2D eigenvalue weighted by Crippen LogP contribution is -2.46. The molecule has 0 saturated carbocycles. The highest BCUT2D eigenvalue weighted by atomic mass is 16.4. The van der Waals surface area contributed by atoms with Gasteiger partial charge in [-0.25, -0.2) is 0 Å². The molecule has 0 radical (unpaired) electrons. The van der Waals surface area contributed by atoms with Crippen LogP contribution in [-0.2, 0) is 19.2 Å². The summed E-state index contributed by atoms with van der Waals surface area (Å²) in [7, 11) is 0. The average molecular weight is 371 g/mol. The molecule has 8 nitrogen and oxygen atoms in total. The Balaban J connectivity index is 4.23. The van der Waals surface area contributed by atoms with E-state index in [0.717, 1.165) is 0 Å². The van der Waals surface area contributed by atoms with Gasteiger partial charge in [0.05, 0.1) is 19.0 Å². The maximum atomic E-state index is 12.3. The van der Waals surface area contributed by atoms with E-state index in [-0.39, 0.29) is 48.9 Å². The van der Waals surface area contributed by atoms with Gasteiger partial charge in [0.1, 0.15) is 0 Å². The van der Waals surface area contributed by atoms with Gasteiger partial charge < -0.3 is 21.1 Å². The van der Waals surface area contributed by atoms with Gasteiger partial charge in [-0.1, -0.05) is 27.7 Å². The van der Waals surface area contributed by atoms with Gasteiger partial charge in [-0.15, -0.1) is 0 Å². The minimum atomic E-state index is -1.00. The Morgan fingerprint density at radius 2 is 1.58 bits per heavy atom. The molecule has 0 saturated heterocycles. The van der Waals surface area contributed by atoms with Crippen LogP contribution in [0.5, 0.6) is 0 Å². The molecule has 4 N–H and O–H groups in total. The number of hydrogen-bond donors (Lipinski definition) is 4. The number of carbonyl (C=O) groups excluding carboxylic acids is 3. The van der Waals surface area contributed by atoms with Crippen molar-refractivity contribution in [2.75, 3.05) is 13.1 Å². The van der Waals surface area contributed by atoms with Crippen LogP contribution >= 0.6 is 0 Å². The number of carboxylic acids is 1. The molecule has 0 heterocycles. The summed E-state index contributed by atoms with van der Waals surface area (Å²) in [6.07, 6.45) is 1.60. The van der Waals surface area contributed by atoms with Crippen molar-refractivity contribution in [3.05, 3.63) is 0 Å². The summed E-state index contributed by atoms with van der Waals surface area (Å²) in [5.74, 6) is -1.68. The third-order valence-corrected chi connectivity index (χ3v) is 3.73. The molecule has 0 fully saturated rings. The maximum absolute atomic E-state index is 12.3. The summed E-state index contributed by atoms with van der Waals surface area (Å²) >= 11 is 0. The maximum Gasteiger partial charge on any atom is 0.303 e. The number of carboxylic acid groups (broad SMARTS) is 1. The van der Waals surface area contributed by atoms with Gasteiger partial charge >= 0.3 is 5.97 Å². The van der Waals surface area contributed by atoms with E-state index < -0.39 is 12.0 Å². The minimum absolute atomic E-state index is 0.00612. The van der Waals surface area contributed by atoms with E-state index in [2.05, 4.69) is 16.0 Å². The second-order valence-corrected chi connectivity index (χ2v) is 6.95. The monoisotopic (exact) mass is 371 g/mol. The van der Waals surface area contributed by atoms with Gasteiger partial charge in [-0.05, 0) is 19.3 Å². The summed E-state index contributed by atoms with van der Waals surface area (Å²) < 4.78 is 0. The zero-order valence-electron chi connectivity index (χ0n) is 16.3. The molecule has 150 valence electrons. The zero-order valence-corrected chi connectivity index (χ0v) is 16.3. The van der Waals surface area contributed by atoms with E-state index in [9.17, 15) is 19.2 Å². The van der Waals surface area contributed by atoms with Crippen LogP contribution in [0.3, 0.4) is 0 Å². The normalized spacial score (nSPS) is 12.1. The molecule has 0 bridgehead atoms. The molecular formula is C18H33N3O5. The first-order valence-corrected chi connectivity index (χ1v) is 9.18. The number of Topliss-reactive ketones (excluding diaryl/α,β-unsaturated/α-hetero) is 1. The molecule has 0 unspecified atom stereocenters. The van der Waals surface area contributed by atoms with Crippen LogP contribution in [0.4, 0.5) is 0 Å². The number of ketones is 1. The zero-order chi connectivity index (χ0) is 20.1. The molecule has 2 amide bonds. The van der Waals surface area contributed by atoms with E-state index in [1.54, 1.807) is 13.8 Å². The molecular weight excluding hydrogens is 338 g/mol. The average Bonchev–Trinajstić information content (AvgIpc) is 2.55. The molecule has 26 heavy (non-hydrogen) atoms. The van der Waals surface area contributed by atoms with Crippen molar-refractivity contribution in [2.24, 2.45) is 5.92 Å². The number of rotatable bonds is 14. The predicted octanol–water partition coefficient (Wildman–Crippen LogP) is 0.846. The fourth-order valence-electron chi connectivity index (χ4n) is 2.24. The Hall–Kier alpha value is -1.96. The van der Waals surface area contributed by atoms with Gasteiger partial charge in [0.25, 0.3) is 0 Å². The lowest BCUT2D eigenvalue weighted by atomic mass is 9.97. The Morgan fingerprint density at radius 1 is 0.923 bits per heavy atom. The van der Waals surface area contributed by atoms with Crippen molar-refractivity contribution in [2.45, 2.75) is 71.9 Å². The standard InChI is InChI=1S/C18H33N3O5/c1-12(2)18(26)14(21-16(23)11-20-13(3)4)7-5-6-10-19-15(22)8-9-17(24)25/h12-14,20H,5-11H2,1-4H3,(H,19,22)(H,21,23)(H,24,25)/t14-/m0/s1. The molecule has 0 rings (SSSR count).